The van der Waals surface area contributed by atoms with Gasteiger partial charge < -0.3 is 4.90 Å². The molecule has 3 heteroatoms. The van der Waals surface area contributed by atoms with Crippen LogP contribution in [0.2, 0.25) is 5.02 Å². The summed E-state index contributed by atoms with van der Waals surface area (Å²) in [5.74, 6) is 0. The van der Waals surface area contributed by atoms with Crippen molar-refractivity contribution in [1.82, 2.24) is 4.90 Å². The molecule has 2 nitrogen and oxygen atoms in total. The van der Waals surface area contributed by atoms with E-state index in [-0.39, 0.29) is 0 Å². The summed E-state index contributed by atoms with van der Waals surface area (Å²) in [5.41, 5.74) is 1.72. The van der Waals surface area contributed by atoms with E-state index in [0.717, 1.165) is 25.1 Å². The van der Waals surface area contributed by atoms with Crippen molar-refractivity contribution >= 4 is 11.6 Å². The first-order valence-electron chi connectivity index (χ1n) is 5.03. The lowest BCUT2D eigenvalue weighted by Gasteiger charge is -2.15. The fraction of sp³-hybridized carbons (Fsp3) is 0.417. The summed E-state index contributed by atoms with van der Waals surface area (Å²) in [6.07, 6.45) is 1.13. The Morgan fingerprint density at radius 2 is 2.13 bits per heavy atom. The van der Waals surface area contributed by atoms with Crippen LogP contribution in [0.25, 0.3) is 0 Å². The molecule has 15 heavy (non-hydrogen) atoms. The first-order valence-corrected chi connectivity index (χ1v) is 5.41. The molecule has 0 N–H and O–H groups in total. The molecule has 0 radical (unpaired) electrons. The van der Waals surface area contributed by atoms with E-state index < -0.39 is 0 Å². The zero-order chi connectivity index (χ0) is 11.3. The van der Waals surface area contributed by atoms with Crippen molar-refractivity contribution < 1.29 is 0 Å². The standard InChI is InChI=1S/C12H15ClN2/c1-3-4-15(2)9-11-5-10(8-14)6-12(13)7-11/h5-7H,3-4,9H2,1-2H3. The molecule has 0 aliphatic heterocycles. The average molecular weight is 223 g/mol. The maximum atomic E-state index is 8.80. The van der Waals surface area contributed by atoms with Crippen LogP contribution in [0.3, 0.4) is 0 Å². The molecule has 0 heterocycles. The van der Waals surface area contributed by atoms with Crippen molar-refractivity contribution in [2.75, 3.05) is 13.6 Å². The largest absolute Gasteiger partial charge is 0.302 e. The molecule has 0 atom stereocenters. The minimum absolute atomic E-state index is 0.627. The summed E-state index contributed by atoms with van der Waals surface area (Å²) in [6, 6.07) is 7.59. The van der Waals surface area contributed by atoms with Gasteiger partial charge in [-0.1, -0.05) is 18.5 Å². The third-order valence-electron chi connectivity index (χ3n) is 2.14. The fourth-order valence-electron chi connectivity index (χ4n) is 1.58. The average Bonchev–Trinajstić information content (AvgIpc) is 2.17. The Labute approximate surface area is 96.1 Å². The SMILES string of the molecule is CCCN(C)Cc1cc(Cl)cc(C#N)c1. The molecule has 0 unspecified atom stereocenters. The molecule has 1 aromatic carbocycles. The molecule has 1 rings (SSSR count). The van der Waals surface area contributed by atoms with Gasteiger partial charge in [0.15, 0.2) is 0 Å². The van der Waals surface area contributed by atoms with Crippen LogP contribution in [-0.4, -0.2) is 18.5 Å². The summed E-state index contributed by atoms with van der Waals surface area (Å²) in [4.78, 5) is 2.22. The highest BCUT2D eigenvalue weighted by Crippen LogP contribution is 2.15. The van der Waals surface area contributed by atoms with E-state index >= 15 is 0 Å². The third kappa shape index (κ3) is 3.91. The number of rotatable bonds is 4. The predicted octanol–water partition coefficient (Wildman–Crippen LogP) is 3.05. The van der Waals surface area contributed by atoms with Crippen molar-refractivity contribution in [3.63, 3.8) is 0 Å². The lowest BCUT2D eigenvalue weighted by atomic mass is 10.1. The Hall–Kier alpha value is -1.04. The minimum Gasteiger partial charge on any atom is -0.302 e. The van der Waals surface area contributed by atoms with Gasteiger partial charge in [0.05, 0.1) is 11.6 Å². The van der Waals surface area contributed by atoms with E-state index in [1.165, 1.54) is 0 Å². The maximum Gasteiger partial charge on any atom is 0.0992 e. The zero-order valence-corrected chi connectivity index (χ0v) is 9.88. The molecule has 0 spiro atoms. The summed E-state index contributed by atoms with van der Waals surface area (Å²) in [7, 11) is 2.07. The van der Waals surface area contributed by atoms with E-state index in [4.69, 9.17) is 16.9 Å². The molecular weight excluding hydrogens is 208 g/mol. The van der Waals surface area contributed by atoms with Crippen LogP contribution in [0.5, 0.6) is 0 Å². The molecule has 0 aliphatic carbocycles. The van der Waals surface area contributed by atoms with Crippen molar-refractivity contribution in [2.24, 2.45) is 0 Å². The maximum absolute atomic E-state index is 8.80. The number of nitrogens with zero attached hydrogens (tertiary/aromatic N) is 2. The van der Waals surface area contributed by atoms with E-state index in [1.807, 2.05) is 12.1 Å². The van der Waals surface area contributed by atoms with E-state index in [1.54, 1.807) is 6.07 Å². The van der Waals surface area contributed by atoms with Gasteiger partial charge in [0.2, 0.25) is 0 Å². The van der Waals surface area contributed by atoms with Crippen LogP contribution < -0.4 is 0 Å². The first kappa shape index (κ1) is 12.0. The molecule has 0 aliphatic rings. The second-order valence-electron chi connectivity index (χ2n) is 3.70. The third-order valence-corrected chi connectivity index (χ3v) is 2.36. The van der Waals surface area contributed by atoms with Crippen LogP contribution in [-0.2, 0) is 6.54 Å². The molecule has 0 bridgehead atoms. The van der Waals surface area contributed by atoms with Gasteiger partial charge in [0, 0.05) is 11.6 Å². The van der Waals surface area contributed by atoms with Gasteiger partial charge in [0.1, 0.15) is 0 Å². The second kappa shape index (κ2) is 5.75. The van der Waals surface area contributed by atoms with E-state index in [0.29, 0.717) is 10.6 Å². The van der Waals surface area contributed by atoms with E-state index in [2.05, 4.69) is 24.9 Å². The van der Waals surface area contributed by atoms with Crippen LogP contribution in [0.4, 0.5) is 0 Å². The van der Waals surface area contributed by atoms with Gasteiger partial charge in [-0.2, -0.15) is 5.26 Å². The van der Waals surface area contributed by atoms with E-state index in [9.17, 15) is 0 Å². The predicted molar refractivity (Wildman–Crippen MR) is 62.8 cm³/mol. The van der Waals surface area contributed by atoms with Gasteiger partial charge in [-0.05, 0) is 43.8 Å². The summed E-state index contributed by atoms with van der Waals surface area (Å²) < 4.78 is 0. The zero-order valence-electron chi connectivity index (χ0n) is 9.13. The van der Waals surface area contributed by atoms with Gasteiger partial charge in [0.25, 0.3) is 0 Å². The summed E-state index contributed by atoms with van der Waals surface area (Å²) in [5, 5.41) is 9.44. The smallest absolute Gasteiger partial charge is 0.0992 e. The molecule has 0 saturated carbocycles. The Morgan fingerprint density at radius 1 is 1.40 bits per heavy atom. The van der Waals surface area contributed by atoms with Crippen LogP contribution in [0.1, 0.15) is 24.5 Å². The molecule has 0 fully saturated rings. The topological polar surface area (TPSA) is 27.0 Å². The Bertz CT molecular complexity index is 368. The molecular formula is C12H15ClN2. The number of hydrogen-bond acceptors (Lipinski definition) is 2. The highest BCUT2D eigenvalue weighted by molar-refractivity contribution is 6.30. The lowest BCUT2D eigenvalue weighted by molar-refractivity contribution is 0.327. The fourth-order valence-corrected chi connectivity index (χ4v) is 1.84. The normalized spacial score (nSPS) is 10.3. The molecule has 0 aromatic heterocycles. The highest BCUT2D eigenvalue weighted by Gasteiger charge is 2.02. The van der Waals surface area contributed by atoms with Crippen molar-refractivity contribution in [3.05, 3.63) is 34.3 Å². The van der Waals surface area contributed by atoms with Crippen molar-refractivity contribution in [1.29, 1.82) is 5.26 Å². The van der Waals surface area contributed by atoms with Crippen molar-refractivity contribution in [3.8, 4) is 6.07 Å². The first-order chi connectivity index (χ1) is 7.15. The van der Waals surface area contributed by atoms with Gasteiger partial charge in [-0.15, -0.1) is 0 Å². The Balaban J connectivity index is 2.77. The van der Waals surface area contributed by atoms with Gasteiger partial charge in [-0.3, -0.25) is 0 Å². The van der Waals surface area contributed by atoms with Crippen LogP contribution in [0.15, 0.2) is 18.2 Å². The molecule has 80 valence electrons. The number of nitriles is 1. The Morgan fingerprint density at radius 3 is 2.73 bits per heavy atom. The molecule has 0 saturated heterocycles. The van der Waals surface area contributed by atoms with Crippen molar-refractivity contribution in [2.45, 2.75) is 19.9 Å². The number of hydrogen-bond donors (Lipinski definition) is 0. The minimum atomic E-state index is 0.627. The summed E-state index contributed by atoms with van der Waals surface area (Å²) >= 11 is 5.92. The van der Waals surface area contributed by atoms with Gasteiger partial charge in [-0.25, -0.2) is 0 Å². The quantitative estimate of drug-likeness (QED) is 0.783. The lowest BCUT2D eigenvalue weighted by Crippen LogP contribution is -2.18. The van der Waals surface area contributed by atoms with Crippen LogP contribution in [0, 0.1) is 11.3 Å². The Kier molecular flexibility index (Phi) is 4.61. The number of benzene rings is 1. The van der Waals surface area contributed by atoms with Gasteiger partial charge >= 0.3 is 0 Å². The number of halogens is 1. The molecule has 1 aromatic rings. The van der Waals surface area contributed by atoms with Crippen LogP contribution >= 0.6 is 11.6 Å². The highest BCUT2D eigenvalue weighted by atomic mass is 35.5. The monoisotopic (exact) mass is 222 g/mol. The molecule has 0 amide bonds. The second-order valence-corrected chi connectivity index (χ2v) is 4.13. The summed E-state index contributed by atoms with van der Waals surface area (Å²) in [6.45, 7) is 4.03.